The summed E-state index contributed by atoms with van der Waals surface area (Å²) in [5.74, 6) is 0.190. The Labute approximate surface area is 117 Å². The lowest BCUT2D eigenvalue weighted by Gasteiger charge is -2.39. The number of nitrogens with one attached hydrogen (secondary N) is 1. The first-order chi connectivity index (χ1) is 8.97. The molecule has 4 nitrogen and oxygen atoms in total. The molecule has 0 radical (unpaired) electrons. The van der Waals surface area contributed by atoms with E-state index in [1.54, 1.807) is 0 Å². The summed E-state index contributed by atoms with van der Waals surface area (Å²) in [5.41, 5.74) is 6.13. The Balaban J connectivity index is 1.77. The predicted molar refractivity (Wildman–Crippen MR) is 77.8 cm³/mol. The van der Waals surface area contributed by atoms with Gasteiger partial charge in [0, 0.05) is 25.2 Å². The maximum absolute atomic E-state index is 12.2. The van der Waals surface area contributed by atoms with Crippen LogP contribution in [0.25, 0.3) is 0 Å². The molecule has 0 aromatic heterocycles. The first-order valence-corrected chi connectivity index (χ1v) is 7.75. The number of hydrogen-bond acceptors (Lipinski definition) is 3. The van der Waals surface area contributed by atoms with E-state index in [1.807, 2.05) is 0 Å². The van der Waals surface area contributed by atoms with Gasteiger partial charge in [-0.25, -0.2) is 0 Å². The van der Waals surface area contributed by atoms with Crippen LogP contribution in [0.5, 0.6) is 0 Å². The predicted octanol–water partition coefficient (Wildman–Crippen LogP) is 1.49. The van der Waals surface area contributed by atoms with Crippen molar-refractivity contribution in [2.45, 2.75) is 64.5 Å². The molecule has 2 aliphatic rings. The third-order valence-corrected chi connectivity index (χ3v) is 4.84. The van der Waals surface area contributed by atoms with Gasteiger partial charge in [0.25, 0.3) is 0 Å². The molecule has 1 aliphatic heterocycles. The van der Waals surface area contributed by atoms with Crippen LogP contribution in [0.15, 0.2) is 0 Å². The quantitative estimate of drug-likeness (QED) is 0.814. The van der Waals surface area contributed by atoms with Gasteiger partial charge < -0.3 is 11.1 Å². The Bertz CT molecular complexity index is 309. The number of amides is 1. The van der Waals surface area contributed by atoms with E-state index >= 15 is 0 Å². The van der Waals surface area contributed by atoms with E-state index in [-0.39, 0.29) is 11.3 Å². The Kier molecular flexibility index (Phi) is 4.85. The minimum Gasteiger partial charge on any atom is -0.352 e. The maximum Gasteiger partial charge on any atom is 0.234 e. The van der Waals surface area contributed by atoms with Crippen LogP contribution in [-0.4, -0.2) is 42.5 Å². The Morgan fingerprint density at radius 2 is 1.95 bits per heavy atom. The van der Waals surface area contributed by atoms with Crippen LogP contribution < -0.4 is 11.1 Å². The van der Waals surface area contributed by atoms with Crippen LogP contribution in [0, 0.1) is 5.41 Å². The maximum atomic E-state index is 12.2. The topological polar surface area (TPSA) is 58.4 Å². The highest BCUT2D eigenvalue weighted by Gasteiger charge is 2.33. The van der Waals surface area contributed by atoms with Gasteiger partial charge in [0.05, 0.1) is 6.54 Å². The second-order valence-electron chi connectivity index (χ2n) is 6.97. The Hall–Kier alpha value is -0.610. The van der Waals surface area contributed by atoms with Crippen molar-refractivity contribution < 1.29 is 4.79 Å². The van der Waals surface area contributed by atoms with Gasteiger partial charge in [-0.15, -0.1) is 0 Å². The molecule has 1 aliphatic carbocycles. The molecule has 19 heavy (non-hydrogen) atoms. The molecule has 0 spiro atoms. The summed E-state index contributed by atoms with van der Waals surface area (Å²) in [5, 5.41) is 3.26. The van der Waals surface area contributed by atoms with Crippen LogP contribution in [0.3, 0.4) is 0 Å². The van der Waals surface area contributed by atoms with Crippen molar-refractivity contribution in [1.82, 2.24) is 10.2 Å². The smallest absolute Gasteiger partial charge is 0.234 e. The average molecular weight is 267 g/mol. The molecule has 2 rings (SSSR count). The van der Waals surface area contributed by atoms with Gasteiger partial charge >= 0.3 is 0 Å². The van der Waals surface area contributed by atoms with Crippen LogP contribution in [-0.2, 0) is 4.79 Å². The molecule has 1 saturated heterocycles. The molecule has 1 amide bonds. The van der Waals surface area contributed by atoms with Crippen LogP contribution in [0.2, 0.25) is 0 Å². The SMILES string of the molecule is CC1(C)CCCCC1NC(=O)CN1CCC(N)CC1. The van der Waals surface area contributed by atoms with E-state index in [1.165, 1.54) is 19.3 Å². The third kappa shape index (κ3) is 4.18. The van der Waals surface area contributed by atoms with Gasteiger partial charge in [-0.1, -0.05) is 26.7 Å². The molecule has 1 saturated carbocycles. The average Bonchev–Trinajstić information content (AvgIpc) is 2.35. The van der Waals surface area contributed by atoms with E-state index in [0.29, 0.717) is 18.6 Å². The molecular weight excluding hydrogens is 238 g/mol. The molecule has 110 valence electrons. The van der Waals surface area contributed by atoms with Crippen molar-refractivity contribution in [3.63, 3.8) is 0 Å². The minimum absolute atomic E-state index is 0.190. The highest BCUT2D eigenvalue weighted by Crippen LogP contribution is 2.35. The molecule has 1 atom stereocenters. The van der Waals surface area contributed by atoms with Crippen molar-refractivity contribution in [2.24, 2.45) is 11.1 Å². The summed E-state index contributed by atoms with van der Waals surface area (Å²) in [6, 6.07) is 0.678. The van der Waals surface area contributed by atoms with Crippen molar-refractivity contribution in [2.75, 3.05) is 19.6 Å². The summed E-state index contributed by atoms with van der Waals surface area (Å²) in [7, 11) is 0. The fraction of sp³-hybridized carbons (Fsp3) is 0.933. The van der Waals surface area contributed by atoms with Gasteiger partial charge in [0.1, 0.15) is 0 Å². The number of rotatable bonds is 3. The van der Waals surface area contributed by atoms with E-state index in [9.17, 15) is 4.79 Å². The molecule has 4 heteroatoms. The van der Waals surface area contributed by atoms with Gasteiger partial charge in [0.15, 0.2) is 0 Å². The summed E-state index contributed by atoms with van der Waals surface area (Å²) in [4.78, 5) is 14.4. The first kappa shape index (κ1) is 14.8. The monoisotopic (exact) mass is 267 g/mol. The number of likely N-dealkylation sites (tertiary alicyclic amines) is 1. The molecule has 0 bridgehead atoms. The lowest BCUT2D eigenvalue weighted by Crippen LogP contribution is -2.51. The zero-order chi connectivity index (χ0) is 13.9. The molecule has 3 N–H and O–H groups in total. The summed E-state index contributed by atoms with van der Waals surface area (Å²) < 4.78 is 0. The molecule has 1 heterocycles. The number of nitrogens with two attached hydrogens (primary N) is 1. The number of carbonyl (C=O) groups excluding carboxylic acids is 1. The molecule has 1 unspecified atom stereocenters. The van der Waals surface area contributed by atoms with Crippen molar-refractivity contribution in [3.8, 4) is 0 Å². The van der Waals surface area contributed by atoms with Gasteiger partial charge in [-0.3, -0.25) is 9.69 Å². The largest absolute Gasteiger partial charge is 0.352 e. The summed E-state index contributed by atoms with van der Waals surface area (Å²) in [6.07, 6.45) is 6.92. The van der Waals surface area contributed by atoms with Crippen LogP contribution in [0.4, 0.5) is 0 Å². The fourth-order valence-corrected chi connectivity index (χ4v) is 3.32. The van der Waals surface area contributed by atoms with E-state index < -0.39 is 0 Å². The highest BCUT2D eigenvalue weighted by atomic mass is 16.2. The van der Waals surface area contributed by atoms with Crippen molar-refractivity contribution in [3.05, 3.63) is 0 Å². The Morgan fingerprint density at radius 3 is 2.58 bits per heavy atom. The standard InChI is InChI=1S/C15H29N3O/c1-15(2)8-4-3-5-13(15)17-14(19)11-18-9-6-12(16)7-10-18/h12-13H,3-11,16H2,1-2H3,(H,17,19). The first-order valence-electron chi connectivity index (χ1n) is 7.75. The summed E-state index contributed by atoms with van der Waals surface area (Å²) >= 11 is 0. The third-order valence-electron chi connectivity index (χ3n) is 4.84. The van der Waals surface area contributed by atoms with E-state index in [4.69, 9.17) is 5.73 Å². The molecule has 2 fully saturated rings. The second kappa shape index (κ2) is 6.23. The molecule has 0 aromatic carbocycles. The number of nitrogens with zero attached hydrogens (tertiary/aromatic N) is 1. The summed E-state index contributed by atoms with van der Waals surface area (Å²) in [6.45, 7) is 7.01. The van der Waals surface area contributed by atoms with Crippen molar-refractivity contribution in [1.29, 1.82) is 0 Å². The van der Waals surface area contributed by atoms with Crippen molar-refractivity contribution >= 4 is 5.91 Å². The lowest BCUT2D eigenvalue weighted by molar-refractivity contribution is -0.124. The van der Waals surface area contributed by atoms with Gasteiger partial charge in [-0.2, -0.15) is 0 Å². The number of piperidine rings is 1. The number of carbonyl (C=O) groups is 1. The zero-order valence-corrected chi connectivity index (χ0v) is 12.5. The lowest BCUT2D eigenvalue weighted by atomic mass is 9.73. The zero-order valence-electron chi connectivity index (χ0n) is 12.5. The second-order valence-corrected chi connectivity index (χ2v) is 6.97. The highest BCUT2D eigenvalue weighted by molar-refractivity contribution is 5.78. The fourth-order valence-electron chi connectivity index (χ4n) is 3.32. The molecule has 0 aromatic rings. The molecular formula is C15H29N3O. The van der Waals surface area contributed by atoms with E-state index in [0.717, 1.165) is 32.4 Å². The van der Waals surface area contributed by atoms with Gasteiger partial charge in [-0.05, 0) is 31.1 Å². The minimum atomic E-state index is 0.190. The van der Waals surface area contributed by atoms with Crippen LogP contribution >= 0.6 is 0 Å². The van der Waals surface area contributed by atoms with Crippen LogP contribution in [0.1, 0.15) is 52.4 Å². The number of hydrogen-bond donors (Lipinski definition) is 2. The Morgan fingerprint density at radius 1 is 1.26 bits per heavy atom. The van der Waals surface area contributed by atoms with Gasteiger partial charge in [0.2, 0.25) is 5.91 Å². The normalized spacial score (nSPS) is 29.1. The van der Waals surface area contributed by atoms with E-state index in [2.05, 4.69) is 24.1 Å².